The molecule has 1 aromatic heterocycles. The third-order valence-corrected chi connectivity index (χ3v) is 3.17. The van der Waals surface area contributed by atoms with Crippen LogP contribution in [0.4, 0.5) is 0 Å². The lowest BCUT2D eigenvalue weighted by atomic mass is 9.95. The number of nitrogens with zero attached hydrogens (tertiary/aromatic N) is 2. The van der Waals surface area contributed by atoms with Gasteiger partial charge in [0.2, 0.25) is 0 Å². The number of aromatic nitrogens is 2. The molecule has 0 aromatic carbocycles. The molecule has 0 spiro atoms. The predicted molar refractivity (Wildman–Crippen MR) is 61.2 cm³/mol. The van der Waals surface area contributed by atoms with Gasteiger partial charge in [0.05, 0.1) is 11.2 Å². The van der Waals surface area contributed by atoms with E-state index in [2.05, 4.69) is 9.97 Å². The summed E-state index contributed by atoms with van der Waals surface area (Å²) in [5.74, 6) is -0.767. The van der Waals surface area contributed by atoms with E-state index >= 15 is 0 Å². The molecule has 17 heavy (non-hydrogen) atoms. The lowest BCUT2D eigenvalue weighted by Crippen LogP contribution is -2.32. The maximum absolute atomic E-state index is 10.9. The summed E-state index contributed by atoms with van der Waals surface area (Å²) in [6, 6.07) is 0. The van der Waals surface area contributed by atoms with Crippen molar-refractivity contribution in [2.24, 2.45) is 0 Å². The Hall–Kier alpha value is -1.20. The molecule has 1 aromatic rings. The maximum atomic E-state index is 10.9. The Kier molecular flexibility index (Phi) is 3.31. The third-order valence-electron chi connectivity index (χ3n) is 2.89. The van der Waals surface area contributed by atoms with Crippen molar-refractivity contribution >= 4 is 17.6 Å². The van der Waals surface area contributed by atoms with E-state index in [1.165, 1.54) is 6.20 Å². The first-order valence-corrected chi connectivity index (χ1v) is 5.81. The summed E-state index contributed by atoms with van der Waals surface area (Å²) in [7, 11) is 0. The van der Waals surface area contributed by atoms with Gasteiger partial charge in [-0.15, -0.1) is 0 Å². The molecule has 0 amide bonds. The van der Waals surface area contributed by atoms with Crippen molar-refractivity contribution in [2.45, 2.75) is 31.8 Å². The first-order valence-electron chi connectivity index (χ1n) is 5.43. The minimum atomic E-state index is -1.15. The predicted octanol–water partition coefficient (Wildman–Crippen LogP) is 2.24. The van der Waals surface area contributed by atoms with Crippen LogP contribution in [0.25, 0.3) is 0 Å². The van der Waals surface area contributed by atoms with Crippen LogP contribution in [0.15, 0.2) is 6.20 Å². The second-order valence-electron chi connectivity index (χ2n) is 4.23. The first kappa shape index (κ1) is 12.3. The number of halogens is 1. The van der Waals surface area contributed by atoms with Crippen LogP contribution in [-0.2, 0) is 10.3 Å². The summed E-state index contributed by atoms with van der Waals surface area (Å²) in [5, 5.41) is 9.00. The molecule has 1 N–H and O–H groups in total. The molecule has 0 saturated carbocycles. The Labute approximate surface area is 104 Å². The van der Waals surface area contributed by atoms with Crippen molar-refractivity contribution in [1.29, 1.82) is 0 Å². The Morgan fingerprint density at radius 2 is 2.35 bits per heavy atom. The van der Waals surface area contributed by atoms with E-state index in [4.69, 9.17) is 21.4 Å². The summed E-state index contributed by atoms with van der Waals surface area (Å²) < 4.78 is 5.67. The summed E-state index contributed by atoms with van der Waals surface area (Å²) in [4.78, 5) is 19.0. The molecule has 0 bridgehead atoms. The molecule has 1 atom stereocenters. The fraction of sp³-hybridized carbons (Fsp3) is 0.545. The number of hydrogen-bond acceptors (Lipinski definition) is 4. The molecule has 1 aliphatic heterocycles. The van der Waals surface area contributed by atoms with Gasteiger partial charge in [-0.25, -0.2) is 14.8 Å². The quantitative estimate of drug-likeness (QED) is 0.879. The van der Waals surface area contributed by atoms with E-state index in [-0.39, 0.29) is 10.7 Å². The summed E-state index contributed by atoms with van der Waals surface area (Å²) in [6.45, 7) is 2.52. The highest BCUT2D eigenvalue weighted by molar-refractivity contribution is 6.33. The molecule has 1 unspecified atom stereocenters. The Morgan fingerprint density at radius 3 is 2.94 bits per heavy atom. The number of aromatic carboxylic acids is 1. The van der Waals surface area contributed by atoms with Crippen molar-refractivity contribution in [3.63, 3.8) is 0 Å². The molecule has 2 rings (SSSR count). The number of carboxylic acids is 1. The van der Waals surface area contributed by atoms with Gasteiger partial charge in [-0.2, -0.15) is 0 Å². The third kappa shape index (κ3) is 2.40. The standard InChI is InChI=1S/C11H13ClN2O3/c1-11(4-2-3-5-17-11)10-13-6-7(12)8(14-10)9(15)16/h6H,2-5H2,1H3,(H,15,16). The van der Waals surface area contributed by atoms with Gasteiger partial charge >= 0.3 is 5.97 Å². The van der Waals surface area contributed by atoms with Crippen LogP contribution >= 0.6 is 11.6 Å². The van der Waals surface area contributed by atoms with Crippen LogP contribution in [0.1, 0.15) is 42.5 Å². The van der Waals surface area contributed by atoms with E-state index < -0.39 is 11.6 Å². The van der Waals surface area contributed by atoms with Crippen LogP contribution < -0.4 is 0 Å². The largest absolute Gasteiger partial charge is 0.476 e. The zero-order chi connectivity index (χ0) is 12.5. The Morgan fingerprint density at radius 1 is 1.59 bits per heavy atom. The first-order chi connectivity index (χ1) is 8.03. The molecular weight excluding hydrogens is 244 g/mol. The van der Waals surface area contributed by atoms with Gasteiger partial charge in [0.1, 0.15) is 5.60 Å². The van der Waals surface area contributed by atoms with E-state index in [0.29, 0.717) is 12.4 Å². The average Bonchev–Trinajstić information content (AvgIpc) is 2.30. The van der Waals surface area contributed by atoms with Crippen molar-refractivity contribution in [2.75, 3.05) is 6.61 Å². The number of ether oxygens (including phenoxy) is 1. The van der Waals surface area contributed by atoms with Crippen molar-refractivity contribution < 1.29 is 14.6 Å². The fourth-order valence-corrected chi connectivity index (χ4v) is 2.05. The lowest BCUT2D eigenvalue weighted by molar-refractivity contribution is -0.0761. The monoisotopic (exact) mass is 256 g/mol. The molecule has 0 aliphatic carbocycles. The Bertz CT molecular complexity index is 444. The molecule has 1 fully saturated rings. The minimum absolute atomic E-state index is 0.0423. The number of carboxylic acid groups (broad SMARTS) is 1. The lowest BCUT2D eigenvalue weighted by Gasteiger charge is -2.32. The van der Waals surface area contributed by atoms with Gasteiger partial charge in [0.15, 0.2) is 11.5 Å². The second-order valence-corrected chi connectivity index (χ2v) is 4.64. The summed E-state index contributed by atoms with van der Waals surface area (Å²) in [5.41, 5.74) is -0.778. The van der Waals surface area contributed by atoms with Gasteiger partial charge in [-0.1, -0.05) is 11.6 Å². The molecule has 5 nitrogen and oxygen atoms in total. The maximum Gasteiger partial charge on any atom is 0.356 e. The molecule has 1 aliphatic rings. The summed E-state index contributed by atoms with van der Waals surface area (Å²) >= 11 is 5.73. The van der Waals surface area contributed by atoms with Crippen molar-refractivity contribution in [1.82, 2.24) is 9.97 Å². The number of hydrogen-bond donors (Lipinski definition) is 1. The van der Waals surface area contributed by atoms with E-state index in [0.717, 1.165) is 19.3 Å². The minimum Gasteiger partial charge on any atom is -0.476 e. The fourth-order valence-electron chi connectivity index (χ4n) is 1.88. The van der Waals surface area contributed by atoms with Crippen LogP contribution in [0, 0.1) is 0 Å². The molecular formula is C11H13ClN2O3. The zero-order valence-electron chi connectivity index (χ0n) is 9.44. The van der Waals surface area contributed by atoms with Crippen LogP contribution in [0.5, 0.6) is 0 Å². The summed E-state index contributed by atoms with van der Waals surface area (Å²) in [6.07, 6.45) is 4.13. The van der Waals surface area contributed by atoms with Gasteiger partial charge < -0.3 is 9.84 Å². The topological polar surface area (TPSA) is 72.3 Å². The number of rotatable bonds is 2. The molecule has 1 saturated heterocycles. The van der Waals surface area contributed by atoms with E-state index in [1.54, 1.807) is 0 Å². The average molecular weight is 257 g/mol. The Balaban J connectivity index is 2.38. The van der Waals surface area contributed by atoms with Gasteiger partial charge in [0.25, 0.3) is 0 Å². The van der Waals surface area contributed by atoms with Crippen molar-refractivity contribution in [3.8, 4) is 0 Å². The zero-order valence-corrected chi connectivity index (χ0v) is 10.2. The molecule has 6 heteroatoms. The van der Waals surface area contributed by atoms with Crippen LogP contribution in [0.2, 0.25) is 5.02 Å². The van der Waals surface area contributed by atoms with E-state index in [9.17, 15) is 4.79 Å². The molecule has 0 radical (unpaired) electrons. The smallest absolute Gasteiger partial charge is 0.356 e. The SMILES string of the molecule is CC1(c2ncc(Cl)c(C(=O)O)n2)CCCCO1. The number of carbonyl (C=O) groups is 1. The van der Waals surface area contributed by atoms with Gasteiger partial charge in [0, 0.05) is 6.61 Å². The van der Waals surface area contributed by atoms with E-state index in [1.807, 2.05) is 6.92 Å². The highest BCUT2D eigenvalue weighted by atomic mass is 35.5. The van der Waals surface area contributed by atoms with Crippen LogP contribution in [0.3, 0.4) is 0 Å². The van der Waals surface area contributed by atoms with Crippen molar-refractivity contribution in [3.05, 3.63) is 22.7 Å². The van der Waals surface area contributed by atoms with Crippen LogP contribution in [-0.4, -0.2) is 27.7 Å². The normalized spacial score (nSPS) is 24.6. The molecule has 92 valence electrons. The second kappa shape index (κ2) is 4.58. The highest BCUT2D eigenvalue weighted by Crippen LogP contribution is 2.33. The molecule has 2 heterocycles. The highest BCUT2D eigenvalue weighted by Gasteiger charge is 2.33. The van der Waals surface area contributed by atoms with Gasteiger partial charge in [-0.05, 0) is 26.2 Å². The van der Waals surface area contributed by atoms with Gasteiger partial charge in [-0.3, -0.25) is 0 Å².